The zero-order chi connectivity index (χ0) is 12.3. The number of nitrogens with zero attached hydrogens (tertiary/aromatic N) is 3. The van der Waals surface area contributed by atoms with Crippen molar-refractivity contribution in [3.05, 3.63) is 11.4 Å². The predicted molar refractivity (Wildman–Crippen MR) is 63.0 cm³/mol. The van der Waals surface area contributed by atoms with E-state index < -0.39 is 0 Å². The minimum atomic E-state index is -0.146. The molecule has 1 heterocycles. The van der Waals surface area contributed by atoms with Crippen LogP contribution in [0.5, 0.6) is 0 Å². The highest BCUT2D eigenvalue weighted by molar-refractivity contribution is 5.73. The number of aldehydes is 1. The Labute approximate surface area is 101 Å². The van der Waals surface area contributed by atoms with Crippen LogP contribution in [0, 0.1) is 0 Å². The Morgan fingerprint density at radius 1 is 1.41 bits per heavy atom. The molecule has 0 bridgehead atoms. The van der Waals surface area contributed by atoms with E-state index in [9.17, 15) is 4.79 Å². The lowest BCUT2D eigenvalue weighted by atomic mass is 9.95. The number of carbonyl (C=O) groups is 1. The summed E-state index contributed by atoms with van der Waals surface area (Å²) in [6.45, 7) is 1.92. The zero-order valence-electron chi connectivity index (χ0n) is 10.4. The van der Waals surface area contributed by atoms with Gasteiger partial charge in [-0.3, -0.25) is 4.79 Å². The largest absolute Gasteiger partial charge is 0.375 e. The molecule has 5 heteroatoms. The third-order valence-corrected chi connectivity index (χ3v) is 3.53. The van der Waals surface area contributed by atoms with Gasteiger partial charge in [0.25, 0.3) is 0 Å². The van der Waals surface area contributed by atoms with Crippen LogP contribution in [0.15, 0.2) is 0 Å². The Morgan fingerprint density at radius 2 is 2.12 bits per heavy atom. The summed E-state index contributed by atoms with van der Waals surface area (Å²) in [6.07, 6.45) is 6.59. The Hall–Kier alpha value is -1.23. The Balaban J connectivity index is 2.31. The molecule has 94 valence electrons. The molecule has 1 aliphatic rings. The van der Waals surface area contributed by atoms with Crippen molar-refractivity contribution in [2.45, 2.75) is 51.2 Å². The van der Waals surface area contributed by atoms with Crippen molar-refractivity contribution in [1.29, 1.82) is 0 Å². The lowest BCUT2D eigenvalue weighted by Gasteiger charge is -2.24. The molecule has 1 unspecified atom stereocenters. The fourth-order valence-electron chi connectivity index (χ4n) is 2.50. The fourth-order valence-corrected chi connectivity index (χ4v) is 2.50. The van der Waals surface area contributed by atoms with Gasteiger partial charge in [-0.25, -0.2) is 4.68 Å². The van der Waals surface area contributed by atoms with Crippen molar-refractivity contribution in [2.75, 3.05) is 7.11 Å². The maximum Gasteiger partial charge on any atom is 0.172 e. The summed E-state index contributed by atoms with van der Waals surface area (Å²) in [5.74, 6) is 0. The molecular formula is C12H19N3O2. The minimum absolute atomic E-state index is 0.146. The molecule has 0 saturated heterocycles. The molecule has 1 fully saturated rings. The number of hydrogen-bond acceptors (Lipinski definition) is 4. The van der Waals surface area contributed by atoms with Gasteiger partial charge in [-0.15, -0.1) is 5.10 Å². The molecule has 1 saturated carbocycles. The molecule has 5 nitrogen and oxygen atoms in total. The van der Waals surface area contributed by atoms with Crippen LogP contribution in [0.2, 0.25) is 0 Å². The molecular weight excluding hydrogens is 218 g/mol. The molecule has 2 rings (SSSR count). The van der Waals surface area contributed by atoms with Crippen LogP contribution in [-0.4, -0.2) is 28.4 Å². The van der Waals surface area contributed by atoms with E-state index in [1.807, 2.05) is 11.6 Å². The molecule has 0 radical (unpaired) electrons. The summed E-state index contributed by atoms with van der Waals surface area (Å²) >= 11 is 0. The van der Waals surface area contributed by atoms with Crippen molar-refractivity contribution < 1.29 is 9.53 Å². The van der Waals surface area contributed by atoms with Gasteiger partial charge in [-0.2, -0.15) is 0 Å². The lowest BCUT2D eigenvalue weighted by molar-refractivity contribution is 0.102. The van der Waals surface area contributed by atoms with Gasteiger partial charge in [0.15, 0.2) is 12.0 Å². The van der Waals surface area contributed by atoms with Crippen molar-refractivity contribution in [2.24, 2.45) is 0 Å². The van der Waals surface area contributed by atoms with Gasteiger partial charge in [0.2, 0.25) is 0 Å². The van der Waals surface area contributed by atoms with Gasteiger partial charge in [0.1, 0.15) is 0 Å². The Kier molecular flexibility index (Phi) is 3.89. The third-order valence-electron chi connectivity index (χ3n) is 3.53. The quantitative estimate of drug-likeness (QED) is 0.754. The topological polar surface area (TPSA) is 57.0 Å². The van der Waals surface area contributed by atoms with E-state index in [4.69, 9.17) is 4.74 Å². The molecule has 0 aromatic carbocycles. The Morgan fingerprint density at radius 3 is 2.71 bits per heavy atom. The van der Waals surface area contributed by atoms with Gasteiger partial charge in [0.05, 0.1) is 17.8 Å². The second kappa shape index (κ2) is 5.40. The predicted octanol–water partition coefficient (Wildman–Crippen LogP) is 2.30. The molecule has 0 spiro atoms. The number of aromatic nitrogens is 3. The second-order valence-corrected chi connectivity index (χ2v) is 4.59. The molecule has 0 N–H and O–H groups in total. The lowest BCUT2D eigenvalue weighted by Crippen LogP contribution is -2.19. The van der Waals surface area contributed by atoms with Gasteiger partial charge < -0.3 is 4.74 Å². The second-order valence-electron chi connectivity index (χ2n) is 4.59. The van der Waals surface area contributed by atoms with Crippen LogP contribution in [-0.2, 0) is 4.74 Å². The molecule has 1 aromatic rings. The van der Waals surface area contributed by atoms with Crippen LogP contribution in [0.1, 0.15) is 67.4 Å². The summed E-state index contributed by atoms with van der Waals surface area (Å²) in [4.78, 5) is 11.0. The average Bonchev–Trinajstić information content (AvgIpc) is 2.82. The van der Waals surface area contributed by atoms with E-state index in [2.05, 4.69) is 10.3 Å². The first kappa shape index (κ1) is 12.2. The third kappa shape index (κ3) is 2.39. The summed E-state index contributed by atoms with van der Waals surface area (Å²) in [7, 11) is 1.64. The smallest absolute Gasteiger partial charge is 0.172 e. The number of methoxy groups -OCH3 is 1. The van der Waals surface area contributed by atoms with E-state index in [0.717, 1.165) is 24.8 Å². The molecule has 1 aromatic heterocycles. The highest BCUT2D eigenvalue weighted by atomic mass is 16.5. The van der Waals surface area contributed by atoms with Crippen LogP contribution in [0.25, 0.3) is 0 Å². The van der Waals surface area contributed by atoms with Crippen LogP contribution in [0.4, 0.5) is 0 Å². The number of carbonyl (C=O) groups excluding carboxylic acids is 1. The summed E-state index contributed by atoms with van der Waals surface area (Å²) in [6, 6.07) is 0.373. The van der Waals surface area contributed by atoms with Gasteiger partial charge in [0, 0.05) is 7.11 Å². The minimum Gasteiger partial charge on any atom is -0.375 e. The maximum absolute atomic E-state index is 11.0. The SMILES string of the molecule is COC(C)c1c(C=O)nnn1C1CCCCC1. The van der Waals surface area contributed by atoms with E-state index in [0.29, 0.717) is 11.7 Å². The molecule has 1 atom stereocenters. The number of ether oxygens (including phenoxy) is 1. The first-order valence-corrected chi connectivity index (χ1v) is 6.21. The van der Waals surface area contributed by atoms with Gasteiger partial charge in [-0.1, -0.05) is 24.5 Å². The van der Waals surface area contributed by atoms with Crippen LogP contribution >= 0.6 is 0 Å². The molecule has 1 aliphatic carbocycles. The Bertz CT molecular complexity index is 383. The summed E-state index contributed by atoms with van der Waals surface area (Å²) in [5.41, 5.74) is 1.22. The highest BCUT2D eigenvalue weighted by Gasteiger charge is 2.25. The summed E-state index contributed by atoms with van der Waals surface area (Å²) in [5, 5.41) is 8.08. The maximum atomic E-state index is 11.0. The molecule has 17 heavy (non-hydrogen) atoms. The summed E-state index contributed by atoms with van der Waals surface area (Å²) < 4.78 is 7.21. The fraction of sp³-hybridized carbons (Fsp3) is 0.750. The zero-order valence-corrected chi connectivity index (χ0v) is 10.4. The van der Waals surface area contributed by atoms with E-state index in [1.54, 1.807) is 7.11 Å². The first-order chi connectivity index (χ1) is 8.27. The van der Waals surface area contributed by atoms with E-state index in [-0.39, 0.29) is 6.10 Å². The molecule has 0 amide bonds. The average molecular weight is 237 g/mol. The highest BCUT2D eigenvalue weighted by Crippen LogP contribution is 2.31. The van der Waals surface area contributed by atoms with E-state index in [1.165, 1.54) is 19.3 Å². The monoisotopic (exact) mass is 237 g/mol. The van der Waals surface area contributed by atoms with Crippen molar-refractivity contribution >= 4 is 6.29 Å². The van der Waals surface area contributed by atoms with Crippen LogP contribution < -0.4 is 0 Å². The van der Waals surface area contributed by atoms with Crippen molar-refractivity contribution in [3.63, 3.8) is 0 Å². The first-order valence-electron chi connectivity index (χ1n) is 6.21. The van der Waals surface area contributed by atoms with Gasteiger partial charge in [-0.05, 0) is 19.8 Å². The standard InChI is InChI=1S/C12H19N3O2/c1-9(17-2)12-11(8-16)13-14-15(12)10-6-4-3-5-7-10/h8-10H,3-7H2,1-2H3. The van der Waals surface area contributed by atoms with Crippen molar-refractivity contribution in [3.8, 4) is 0 Å². The van der Waals surface area contributed by atoms with Gasteiger partial charge >= 0.3 is 0 Å². The number of hydrogen-bond donors (Lipinski definition) is 0. The van der Waals surface area contributed by atoms with Crippen molar-refractivity contribution in [1.82, 2.24) is 15.0 Å². The number of rotatable bonds is 4. The normalized spacial score (nSPS) is 19.2. The van der Waals surface area contributed by atoms with E-state index >= 15 is 0 Å². The molecule has 0 aliphatic heterocycles. The van der Waals surface area contributed by atoms with Crippen LogP contribution in [0.3, 0.4) is 0 Å².